The van der Waals surface area contributed by atoms with Gasteiger partial charge in [-0.25, -0.2) is 0 Å². The van der Waals surface area contributed by atoms with Gasteiger partial charge in [-0.15, -0.1) is 0 Å². The van der Waals surface area contributed by atoms with Crippen LogP contribution in [-0.2, 0) is 4.79 Å². The van der Waals surface area contributed by atoms with Crippen LogP contribution in [0.2, 0.25) is 0 Å². The molecule has 14 heavy (non-hydrogen) atoms. The van der Waals surface area contributed by atoms with Crippen LogP contribution in [0.3, 0.4) is 0 Å². The normalized spacial score (nSPS) is 13.6. The predicted molar refractivity (Wildman–Crippen MR) is 59.1 cm³/mol. The topological polar surface area (TPSA) is 37.3 Å². The van der Waals surface area contributed by atoms with Crippen LogP contribution in [-0.4, -0.2) is 17.5 Å². The molecule has 0 rings (SSSR count). The summed E-state index contributed by atoms with van der Waals surface area (Å²) in [5.74, 6) is 0. The lowest BCUT2D eigenvalue weighted by atomic mass is 10.1. The van der Waals surface area contributed by atoms with E-state index in [0.29, 0.717) is 0 Å². The predicted octanol–water partition coefficient (Wildman–Crippen LogP) is 2.63. The van der Waals surface area contributed by atoms with Gasteiger partial charge in [-0.1, -0.05) is 23.3 Å². The van der Waals surface area contributed by atoms with Gasteiger partial charge in [0.2, 0.25) is 0 Å². The lowest BCUT2D eigenvalue weighted by Crippen LogP contribution is -2.03. The molecule has 0 aliphatic carbocycles. The zero-order valence-electron chi connectivity index (χ0n) is 9.29. The van der Waals surface area contributed by atoms with Crippen LogP contribution in [0.4, 0.5) is 0 Å². The second-order valence-corrected chi connectivity index (χ2v) is 3.80. The van der Waals surface area contributed by atoms with Crippen molar-refractivity contribution >= 4 is 6.29 Å². The average molecular weight is 196 g/mol. The van der Waals surface area contributed by atoms with Crippen molar-refractivity contribution in [3.05, 3.63) is 23.3 Å². The van der Waals surface area contributed by atoms with E-state index in [4.69, 9.17) is 0 Å². The van der Waals surface area contributed by atoms with Gasteiger partial charge in [0.15, 0.2) is 0 Å². The molecule has 0 heterocycles. The molecule has 0 bridgehead atoms. The summed E-state index contributed by atoms with van der Waals surface area (Å²) in [6, 6.07) is 0. The van der Waals surface area contributed by atoms with Crippen molar-refractivity contribution in [3.63, 3.8) is 0 Å². The van der Waals surface area contributed by atoms with E-state index in [9.17, 15) is 9.90 Å². The number of carbonyl (C=O) groups is 1. The highest BCUT2D eigenvalue weighted by molar-refractivity contribution is 5.50. The van der Waals surface area contributed by atoms with E-state index >= 15 is 0 Å². The van der Waals surface area contributed by atoms with E-state index in [1.54, 1.807) is 6.08 Å². The van der Waals surface area contributed by atoms with E-state index in [2.05, 4.69) is 19.9 Å². The van der Waals surface area contributed by atoms with Crippen molar-refractivity contribution in [1.82, 2.24) is 0 Å². The molecule has 1 unspecified atom stereocenters. The van der Waals surface area contributed by atoms with Gasteiger partial charge >= 0.3 is 0 Å². The Labute approximate surface area is 86.3 Å². The number of hydrogen-bond donors (Lipinski definition) is 1. The largest absolute Gasteiger partial charge is 0.389 e. The van der Waals surface area contributed by atoms with Crippen LogP contribution in [0.1, 0.15) is 40.0 Å². The number of carbonyl (C=O) groups excluding carboxylic acids is 1. The maximum atomic E-state index is 10.1. The Kier molecular flexibility index (Phi) is 7.03. The lowest BCUT2D eigenvalue weighted by Gasteiger charge is -2.03. The van der Waals surface area contributed by atoms with Crippen LogP contribution < -0.4 is 0 Å². The van der Waals surface area contributed by atoms with Crippen LogP contribution in [0.5, 0.6) is 0 Å². The van der Waals surface area contributed by atoms with Gasteiger partial charge < -0.3 is 9.90 Å². The third-order valence-electron chi connectivity index (χ3n) is 1.91. The van der Waals surface area contributed by atoms with Crippen molar-refractivity contribution in [2.24, 2.45) is 0 Å². The first-order valence-corrected chi connectivity index (χ1v) is 4.98. The Morgan fingerprint density at radius 2 is 2.00 bits per heavy atom. The second-order valence-electron chi connectivity index (χ2n) is 3.80. The van der Waals surface area contributed by atoms with Crippen LogP contribution in [0.15, 0.2) is 23.3 Å². The fourth-order valence-electron chi connectivity index (χ4n) is 1.17. The van der Waals surface area contributed by atoms with Crippen LogP contribution in [0.25, 0.3) is 0 Å². The number of aliphatic hydroxyl groups excluding tert-OH is 1. The quantitative estimate of drug-likeness (QED) is 0.524. The third-order valence-corrected chi connectivity index (χ3v) is 1.91. The Morgan fingerprint density at radius 1 is 1.36 bits per heavy atom. The molecule has 80 valence electrons. The summed E-state index contributed by atoms with van der Waals surface area (Å²) in [4.78, 5) is 10.1. The van der Waals surface area contributed by atoms with E-state index in [1.807, 2.05) is 6.92 Å². The highest BCUT2D eigenvalue weighted by atomic mass is 16.3. The Hall–Kier alpha value is -0.890. The molecule has 0 radical (unpaired) electrons. The molecule has 1 N–H and O–H groups in total. The highest BCUT2D eigenvalue weighted by Gasteiger charge is 1.98. The van der Waals surface area contributed by atoms with Gasteiger partial charge in [0.1, 0.15) is 6.29 Å². The molecular weight excluding hydrogens is 176 g/mol. The monoisotopic (exact) mass is 196 g/mol. The van der Waals surface area contributed by atoms with Crippen molar-refractivity contribution in [2.75, 3.05) is 0 Å². The summed E-state index contributed by atoms with van der Waals surface area (Å²) in [5.41, 5.74) is 2.45. The molecule has 2 heteroatoms. The maximum Gasteiger partial charge on any atom is 0.122 e. The summed E-state index contributed by atoms with van der Waals surface area (Å²) >= 11 is 0. The van der Waals surface area contributed by atoms with E-state index in [1.165, 1.54) is 5.57 Å². The average Bonchev–Trinajstić information content (AvgIpc) is 2.03. The zero-order chi connectivity index (χ0) is 11.0. The van der Waals surface area contributed by atoms with Crippen LogP contribution >= 0.6 is 0 Å². The number of rotatable bonds is 6. The Balaban J connectivity index is 3.88. The van der Waals surface area contributed by atoms with E-state index < -0.39 is 6.10 Å². The molecule has 0 spiro atoms. The molecule has 0 aliphatic rings. The molecule has 0 aromatic rings. The van der Waals surface area contributed by atoms with Gasteiger partial charge in [0.05, 0.1) is 6.10 Å². The molecule has 0 saturated carbocycles. The van der Waals surface area contributed by atoms with Crippen molar-refractivity contribution in [3.8, 4) is 0 Å². The Morgan fingerprint density at radius 3 is 2.50 bits per heavy atom. The molecule has 0 amide bonds. The number of allylic oxidation sites excluding steroid dienone is 3. The number of aldehydes is 1. The zero-order valence-corrected chi connectivity index (χ0v) is 9.29. The smallest absolute Gasteiger partial charge is 0.122 e. The van der Waals surface area contributed by atoms with Gasteiger partial charge in [0, 0.05) is 6.42 Å². The van der Waals surface area contributed by atoms with Crippen LogP contribution in [0, 0.1) is 0 Å². The van der Waals surface area contributed by atoms with Crippen molar-refractivity contribution in [2.45, 2.75) is 46.1 Å². The number of aliphatic hydroxyl groups is 1. The second kappa shape index (κ2) is 7.51. The molecule has 1 atom stereocenters. The molecule has 0 aromatic carbocycles. The standard InChI is InChI=1S/C12H20O2/c1-10(2)5-4-6-11(3)9-12(14)7-8-13/h5,8-9,12,14H,4,6-7H2,1-3H3. The highest BCUT2D eigenvalue weighted by Crippen LogP contribution is 2.08. The first-order chi connectivity index (χ1) is 6.56. The van der Waals surface area contributed by atoms with Gasteiger partial charge in [0.25, 0.3) is 0 Å². The first-order valence-electron chi connectivity index (χ1n) is 4.98. The summed E-state index contributed by atoms with van der Waals surface area (Å²) in [7, 11) is 0. The summed E-state index contributed by atoms with van der Waals surface area (Å²) in [5, 5.41) is 9.31. The first kappa shape index (κ1) is 13.1. The van der Waals surface area contributed by atoms with E-state index in [-0.39, 0.29) is 6.42 Å². The third kappa shape index (κ3) is 7.74. The lowest BCUT2D eigenvalue weighted by molar-refractivity contribution is -0.109. The molecule has 0 saturated heterocycles. The summed E-state index contributed by atoms with van der Waals surface area (Å²) in [6.45, 7) is 6.12. The fourth-order valence-corrected chi connectivity index (χ4v) is 1.17. The van der Waals surface area contributed by atoms with E-state index in [0.717, 1.165) is 24.7 Å². The minimum absolute atomic E-state index is 0.194. The molecule has 2 nitrogen and oxygen atoms in total. The number of hydrogen-bond acceptors (Lipinski definition) is 2. The SMILES string of the molecule is CC(C)=CCCC(C)=CC(O)CC=O. The molecule has 0 aliphatic heterocycles. The van der Waals surface area contributed by atoms with Gasteiger partial charge in [-0.2, -0.15) is 0 Å². The molecular formula is C12H20O2. The van der Waals surface area contributed by atoms with Crippen molar-refractivity contribution in [1.29, 1.82) is 0 Å². The molecule has 0 fully saturated rings. The molecule has 0 aromatic heterocycles. The minimum atomic E-state index is -0.612. The van der Waals surface area contributed by atoms with Gasteiger partial charge in [-0.3, -0.25) is 0 Å². The minimum Gasteiger partial charge on any atom is -0.389 e. The maximum absolute atomic E-state index is 10.1. The van der Waals surface area contributed by atoms with Crippen molar-refractivity contribution < 1.29 is 9.90 Å². The Bertz CT molecular complexity index is 222. The fraction of sp³-hybridized carbons (Fsp3) is 0.583. The summed E-state index contributed by atoms with van der Waals surface area (Å²) < 4.78 is 0. The van der Waals surface area contributed by atoms with Gasteiger partial charge in [-0.05, 0) is 33.6 Å². The summed E-state index contributed by atoms with van der Waals surface area (Å²) in [6.07, 6.45) is 6.19.